The summed E-state index contributed by atoms with van der Waals surface area (Å²) in [5, 5.41) is 23.1. The Morgan fingerprint density at radius 3 is 1.32 bits per heavy atom. The van der Waals surface area contributed by atoms with Crippen LogP contribution < -0.4 is 21.3 Å². The van der Waals surface area contributed by atoms with Crippen LogP contribution in [0.5, 0.6) is 0 Å². The average molecular weight is 1200 g/mol. The highest BCUT2D eigenvalue weighted by atomic mass is 16.3. The molecule has 1 saturated heterocycles. The van der Waals surface area contributed by atoms with E-state index in [1.807, 2.05) is 61.5 Å². The summed E-state index contributed by atoms with van der Waals surface area (Å²) in [5.41, 5.74) is 0. The van der Waals surface area contributed by atoms with E-state index in [1.54, 1.807) is 54.5 Å². The van der Waals surface area contributed by atoms with Crippen molar-refractivity contribution in [1.29, 1.82) is 0 Å². The quantitative estimate of drug-likeness (QED) is 0.148. The highest BCUT2D eigenvalue weighted by Gasteiger charge is 2.45. The number of likely N-dealkylation sites (N-methyl/N-ethyl adjacent to an activating group) is 7. The van der Waals surface area contributed by atoms with Gasteiger partial charge in [-0.2, -0.15) is 0 Å². The lowest BCUT2D eigenvalue weighted by Crippen LogP contribution is -2.63. The lowest BCUT2D eigenvalue weighted by molar-refractivity contribution is -0.157. The van der Waals surface area contributed by atoms with Gasteiger partial charge in [0.25, 0.3) is 0 Å². The molecule has 1 heterocycles. The monoisotopic (exact) mass is 1200 g/mol. The molecule has 23 nitrogen and oxygen atoms in total. The van der Waals surface area contributed by atoms with Crippen molar-refractivity contribution in [1.82, 2.24) is 55.6 Å². The zero-order valence-electron chi connectivity index (χ0n) is 56.1. The highest BCUT2D eigenvalue weighted by molar-refractivity contribution is 5.99. The van der Waals surface area contributed by atoms with Crippen molar-refractivity contribution in [3.8, 4) is 0 Å². The van der Waals surface area contributed by atoms with E-state index in [9.17, 15) is 48.3 Å². The molecule has 0 aliphatic carbocycles. The van der Waals surface area contributed by atoms with Crippen LogP contribution in [0.1, 0.15) is 156 Å². The summed E-state index contributed by atoms with van der Waals surface area (Å²) in [5.74, 6) is -9.71. The fourth-order valence-corrected chi connectivity index (χ4v) is 10.7. The minimum atomic E-state index is -1.61. The first-order chi connectivity index (χ1) is 39.2. The maximum Gasteiger partial charge on any atom is 0.246 e. The van der Waals surface area contributed by atoms with Crippen molar-refractivity contribution in [2.45, 2.75) is 223 Å². The Labute approximate surface area is 508 Å². The van der Waals surface area contributed by atoms with Gasteiger partial charge in [-0.3, -0.25) is 52.7 Å². The minimum Gasteiger partial charge on any atom is -0.390 e. The topological polar surface area (TPSA) is 279 Å². The van der Waals surface area contributed by atoms with E-state index in [2.05, 4.69) is 21.3 Å². The van der Waals surface area contributed by atoms with E-state index in [-0.39, 0.29) is 55.8 Å². The van der Waals surface area contributed by atoms with E-state index in [4.69, 9.17) is 0 Å². The average Bonchev–Trinajstić information content (AvgIpc) is 3.62. The Morgan fingerprint density at radius 2 is 0.871 bits per heavy atom. The predicted molar refractivity (Wildman–Crippen MR) is 328 cm³/mol. The number of allylic oxidation sites excluding steroid dienone is 2. The first-order valence-electron chi connectivity index (χ1n) is 30.6. The summed E-state index contributed by atoms with van der Waals surface area (Å²) in [7, 11) is 9.92. The molecule has 1 aliphatic heterocycles. The van der Waals surface area contributed by atoms with Crippen molar-refractivity contribution < 1.29 is 57.8 Å². The van der Waals surface area contributed by atoms with E-state index in [0.717, 1.165) is 9.80 Å². The molecule has 0 aromatic heterocycles. The summed E-state index contributed by atoms with van der Waals surface area (Å²) in [6, 6.07) is -12.3. The van der Waals surface area contributed by atoms with Crippen LogP contribution >= 0.6 is 0 Å². The summed E-state index contributed by atoms with van der Waals surface area (Å²) in [4.78, 5) is 169. The van der Waals surface area contributed by atoms with Gasteiger partial charge in [-0.25, -0.2) is 0 Å². The van der Waals surface area contributed by atoms with Crippen LogP contribution in [-0.2, 0) is 52.7 Å². The Hall–Kier alpha value is -6.13. The largest absolute Gasteiger partial charge is 0.390 e. The summed E-state index contributed by atoms with van der Waals surface area (Å²) in [6.07, 6.45) is 3.04. The lowest BCUT2D eigenvalue weighted by atomic mass is 9.91. The second-order valence-electron chi connectivity index (χ2n) is 26.1. The standard InChI is InChI=1S/C62H111N11O12/c1-25-27-28-40(15)52(75)51-56(79)65-43(26-2)58(81)67(18)33-48(74)68(19)44(29-34(3)4)55(78)66-49(38(11)12)61(84)69(20)45(30-35(5)6)54(77)63-41(16)53(76)64-42(17)57(80)70(21)46(31-36(7)8)59(82)71(22)47(32-37(9)10)60(83)72(23)50(39(13)14)62(85)73(51)24/h25,27,34-47,49-52,75H,26,28-33H2,1-24H3,(H,63,77)(H,64,76)(H,65,79)(H,66,78)/b27-25+/t40?,41-,42+,43-,44-,45-,46-,47-,49-,50-,51?,52-/m1/s1. The van der Waals surface area contributed by atoms with Gasteiger partial charge >= 0.3 is 0 Å². The van der Waals surface area contributed by atoms with Crippen molar-refractivity contribution in [2.75, 3.05) is 55.9 Å². The Morgan fingerprint density at radius 1 is 0.459 bits per heavy atom. The van der Waals surface area contributed by atoms with E-state index in [0.29, 0.717) is 6.42 Å². The molecule has 0 bridgehead atoms. The number of nitrogens with zero attached hydrogens (tertiary/aromatic N) is 7. The summed E-state index contributed by atoms with van der Waals surface area (Å²) >= 11 is 0. The number of aliphatic hydroxyl groups excluding tert-OH is 1. The van der Waals surface area contributed by atoms with Gasteiger partial charge in [0.05, 0.1) is 12.6 Å². The number of amides is 11. The first-order valence-corrected chi connectivity index (χ1v) is 30.6. The van der Waals surface area contributed by atoms with E-state index >= 15 is 9.59 Å². The molecule has 12 atom stereocenters. The SMILES string of the molecule is C/C=C/CC(C)[C@@H](O)C1C(=O)N[C@H](CC)C(=O)N(C)CC(=O)N(C)[C@H](CC(C)C)C(=O)N[C@H](C(C)C)C(=O)N(C)[C@H](CC(C)C)C(=O)N[C@H](C)C(=O)N[C@@H](C)C(=O)N(C)[C@H](CC(C)C)C(=O)N(C)[C@H](CC(C)C)C(=O)N(C)[C@H](C(C)C)C(=O)N1C. The first kappa shape index (κ1) is 76.9. The zero-order valence-corrected chi connectivity index (χ0v) is 56.1. The van der Waals surface area contributed by atoms with E-state index in [1.165, 1.54) is 87.7 Å². The second kappa shape index (κ2) is 34.9. The molecule has 486 valence electrons. The molecular formula is C62H111N11O12. The Bertz CT molecular complexity index is 2330. The molecule has 5 N–H and O–H groups in total. The predicted octanol–water partition coefficient (Wildman–Crippen LogP) is 3.27. The van der Waals surface area contributed by atoms with Gasteiger partial charge in [-0.1, -0.05) is 109 Å². The minimum absolute atomic E-state index is 0.0229. The molecule has 0 aromatic rings. The Kier molecular flexibility index (Phi) is 31.5. The van der Waals surface area contributed by atoms with Gasteiger partial charge < -0.3 is 60.7 Å². The van der Waals surface area contributed by atoms with Crippen molar-refractivity contribution >= 4 is 65.0 Å². The third-order valence-electron chi connectivity index (χ3n) is 16.1. The Balaban J connectivity index is 4.32. The molecule has 0 spiro atoms. The van der Waals surface area contributed by atoms with Gasteiger partial charge in [0.1, 0.15) is 60.4 Å². The molecule has 0 saturated carbocycles. The van der Waals surface area contributed by atoms with Crippen LogP contribution in [0.15, 0.2) is 12.2 Å². The molecule has 1 fully saturated rings. The zero-order chi connectivity index (χ0) is 66.0. The maximum absolute atomic E-state index is 15.1. The van der Waals surface area contributed by atoms with Crippen molar-refractivity contribution in [3.63, 3.8) is 0 Å². The molecule has 1 aliphatic rings. The molecule has 23 heteroatoms. The third-order valence-corrected chi connectivity index (χ3v) is 16.1. The fourth-order valence-electron chi connectivity index (χ4n) is 10.7. The van der Waals surface area contributed by atoms with E-state index < -0.39 is 156 Å². The highest BCUT2D eigenvalue weighted by Crippen LogP contribution is 2.26. The normalized spacial score (nSPS) is 26.9. The molecule has 2 unspecified atom stereocenters. The van der Waals surface area contributed by atoms with Crippen LogP contribution in [0.2, 0.25) is 0 Å². The van der Waals surface area contributed by atoms with Crippen LogP contribution in [0.4, 0.5) is 0 Å². The third kappa shape index (κ3) is 21.7. The number of hydrogen-bond donors (Lipinski definition) is 5. The molecular weight excluding hydrogens is 1090 g/mol. The maximum atomic E-state index is 15.1. The lowest BCUT2D eigenvalue weighted by Gasteiger charge is -2.41. The number of carbonyl (C=O) groups excluding carboxylic acids is 11. The second-order valence-corrected chi connectivity index (χ2v) is 26.1. The molecule has 0 aromatic carbocycles. The van der Waals surface area contributed by atoms with Crippen LogP contribution in [-0.4, -0.2) is 227 Å². The number of carbonyl (C=O) groups is 11. The van der Waals surface area contributed by atoms with Crippen LogP contribution in [0.25, 0.3) is 0 Å². The van der Waals surface area contributed by atoms with Crippen LogP contribution in [0, 0.1) is 41.4 Å². The smallest absolute Gasteiger partial charge is 0.246 e. The fraction of sp³-hybridized carbons (Fsp3) is 0.790. The number of aliphatic hydroxyl groups is 1. The molecule has 85 heavy (non-hydrogen) atoms. The van der Waals surface area contributed by atoms with Crippen molar-refractivity contribution in [3.05, 3.63) is 12.2 Å². The van der Waals surface area contributed by atoms with Gasteiger partial charge in [0, 0.05) is 49.3 Å². The molecule has 0 radical (unpaired) electrons. The summed E-state index contributed by atoms with van der Waals surface area (Å²) in [6.45, 7) is 29.3. The van der Waals surface area contributed by atoms with Gasteiger partial charge in [-0.15, -0.1) is 0 Å². The van der Waals surface area contributed by atoms with Gasteiger partial charge in [0.2, 0.25) is 65.0 Å². The van der Waals surface area contributed by atoms with Gasteiger partial charge in [0.15, 0.2) is 0 Å². The number of nitrogens with one attached hydrogen (secondary N) is 4. The van der Waals surface area contributed by atoms with Gasteiger partial charge in [-0.05, 0) is 101 Å². The summed E-state index contributed by atoms with van der Waals surface area (Å²) < 4.78 is 0. The number of rotatable bonds is 15. The van der Waals surface area contributed by atoms with Crippen LogP contribution in [0.3, 0.4) is 0 Å². The van der Waals surface area contributed by atoms with Crippen molar-refractivity contribution in [2.24, 2.45) is 41.4 Å². The molecule has 1 rings (SSSR count). The molecule has 11 amide bonds. The number of hydrogen-bond acceptors (Lipinski definition) is 12.